The predicted octanol–water partition coefficient (Wildman–Crippen LogP) is 3.57. The maximum absolute atomic E-state index is 12.0. The number of carbonyl (C=O) groups is 1. The van der Waals surface area contributed by atoms with Gasteiger partial charge in [-0.15, -0.1) is 0 Å². The van der Waals surface area contributed by atoms with E-state index in [1.165, 1.54) is 30.5 Å². The van der Waals surface area contributed by atoms with Crippen molar-refractivity contribution in [2.45, 2.75) is 0 Å². The average molecular weight is 352 g/mol. The number of nitrogens with zero attached hydrogens (tertiary/aromatic N) is 2. The van der Waals surface area contributed by atoms with E-state index < -0.39 is 10.8 Å². The third-order valence-electron chi connectivity index (χ3n) is 3.49. The number of para-hydroxylation sites is 1. The first-order valence-electron chi connectivity index (χ1n) is 7.24. The van der Waals surface area contributed by atoms with Crippen LogP contribution in [0.1, 0.15) is 15.9 Å². The van der Waals surface area contributed by atoms with E-state index >= 15 is 0 Å². The van der Waals surface area contributed by atoms with Gasteiger partial charge in [-0.3, -0.25) is 14.9 Å². The first kappa shape index (κ1) is 16.5. The van der Waals surface area contributed by atoms with E-state index in [0.717, 1.165) is 10.9 Å². The highest BCUT2D eigenvalue weighted by Crippen LogP contribution is 2.13. The molecule has 0 unspecified atom stereocenters. The van der Waals surface area contributed by atoms with E-state index in [9.17, 15) is 14.9 Å². The fourth-order valence-corrected chi connectivity index (χ4v) is 2.44. The summed E-state index contributed by atoms with van der Waals surface area (Å²) in [5.74, 6) is -0.471. The number of nitro groups is 1. The number of nitro benzene ring substituents is 1. The Bertz CT molecular complexity index is 1040. The molecule has 0 aliphatic heterocycles. The fraction of sp³-hybridized carbons (Fsp3) is 0. The molecule has 0 atom stereocenters. The molecule has 0 bridgehead atoms. The molecule has 1 aromatic heterocycles. The molecule has 0 aliphatic rings. The van der Waals surface area contributed by atoms with Crippen molar-refractivity contribution in [2.75, 3.05) is 0 Å². The largest absolute Gasteiger partial charge is 0.346 e. The summed E-state index contributed by atoms with van der Waals surface area (Å²) in [7, 11) is 0. The summed E-state index contributed by atoms with van der Waals surface area (Å²) in [6.07, 6.45) is 1.45. The van der Waals surface area contributed by atoms with E-state index in [1.54, 1.807) is 0 Å². The number of hydrogen-bond acceptors (Lipinski definition) is 5. The van der Waals surface area contributed by atoms with Gasteiger partial charge in [0.1, 0.15) is 4.64 Å². The summed E-state index contributed by atoms with van der Waals surface area (Å²) in [5.41, 5.74) is 4.14. The minimum atomic E-state index is -0.527. The minimum Gasteiger partial charge on any atom is -0.346 e. The van der Waals surface area contributed by atoms with Crippen molar-refractivity contribution >= 4 is 40.9 Å². The number of hydrogen-bond donors (Lipinski definition) is 2. The summed E-state index contributed by atoms with van der Waals surface area (Å²) in [6, 6.07) is 14.8. The normalized spacial score (nSPS) is 10.9. The standard InChI is InChI=1S/C17H12N4O3S/c22-16(11-5-7-14(8-6-11)21(23)24)20-18-10-13-9-12-3-1-2-4-15(12)19-17(13)25/h1-10H,(H,19,25)(H,20,22)/b18-10-. The van der Waals surface area contributed by atoms with Crippen LogP contribution in [0.15, 0.2) is 59.7 Å². The molecule has 1 heterocycles. The Morgan fingerprint density at radius 3 is 2.64 bits per heavy atom. The molecule has 0 fully saturated rings. The summed E-state index contributed by atoms with van der Waals surface area (Å²) >= 11 is 5.27. The first-order chi connectivity index (χ1) is 12.0. The van der Waals surface area contributed by atoms with Crippen molar-refractivity contribution in [3.05, 3.63) is 80.5 Å². The van der Waals surface area contributed by atoms with E-state index in [4.69, 9.17) is 12.2 Å². The number of benzene rings is 2. The number of fused-ring (bicyclic) bond motifs is 1. The second-order valence-electron chi connectivity index (χ2n) is 5.14. The molecular weight excluding hydrogens is 340 g/mol. The van der Waals surface area contributed by atoms with Gasteiger partial charge in [-0.25, -0.2) is 5.43 Å². The zero-order valence-corrected chi connectivity index (χ0v) is 13.6. The molecule has 2 N–H and O–H groups in total. The van der Waals surface area contributed by atoms with Crippen molar-refractivity contribution in [1.82, 2.24) is 10.4 Å². The lowest BCUT2D eigenvalue weighted by molar-refractivity contribution is -0.384. The van der Waals surface area contributed by atoms with Crippen LogP contribution >= 0.6 is 12.2 Å². The summed E-state index contributed by atoms with van der Waals surface area (Å²) in [4.78, 5) is 25.2. The van der Waals surface area contributed by atoms with Crippen molar-refractivity contribution in [3.8, 4) is 0 Å². The highest BCUT2D eigenvalue weighted by molar-refractivity contribution is 7.71. The summed E-state index contributed by atoms with van der Waals surface area (Å²) < 4.78 is 0.507. The van der Waals surface area contributed by atoms with Gasteiger partial charge < -0.3 is 4.98 Å². The topological polar surface area (TPSA) is 100 Å². The molecule has 0 aliphatic carbocycles. The Hall–Kier alpha value is -3.39. The number of amides is 1. The minimum absolute atomic E-state index is 0.0810. The molecule has 3 aromatic rings. The van der Waals surface area contributed by atoms with Crippen LogP contribution in [-0.2, 0) is 0 Å². The van der Waals surface area contributed by atoms with Crippen molar-refractivity contribution in [1.29, 1.82) is 0 Å². The molecule has 0 spiro atoms. The second-order valence-corrected chi connectivity index (χ2v) is 5.55. The van der Waals surface area contributed by atoms with Crippen LogP contribution < -0.4 is 5.43 Å². The van der Waals surface area contributed by atoms with Crippen molar-refractivity contribution < 1.29 is 9.72 Å². The van der Waals surface area contributed by atoms with Gasteiger partial charge in [0.25, 0.3) is 11.6 Å². The van der Waals surface area contributed by atoms with Crippen LogP contribution in [0.4, 0.5) is 5.69 Å². The van der Waals surface area contributed by atoms with Gasteiger partial charge in [0, 0.05) is 28.8 Å². The van der Waals surface area contributed by atoms with Gasteiger partial charge in [0.2, 0.25) is 0 Å². The number of non-ortho nitro benzene ring substituents is 1. The molecule has 0 saturated carbocycles. The molecule has 124 valence electrons. The Labute approximate surface area is 147 Å². The zero-order chi connectivity index (χ0) is 17.8. The number of pyridine rings is 1. The smallest absolute Gasteiger partial charge is 0.271 e. The third-order valence-corrected chi connectivity index (χ3v) is 3.83. The zero-order valence-electron chi connectivity index (χ0n) is 12.8. The Morgan fingerprint density at radius 1 is 1.20 bits per heavy atom. The van der Waals surface area contributed by atoms with Crippen LogP contribution in [-0.4, -0.2) is 22.0 Å². The molecule has 1 amide bonds. The molecule has 0 radical (unpaired) electrons. The van der Waals surface area contributed by atoms with Gasteiger partial charge in [0.15, 0.2) is 0 Å². The van der Waals surface area contributed by atoms with Gasteiger partial charge in [0.05, 0.1) is 11.1 Å². The molecule has 0 saturated heterocycles. The van der Waals surface area contributed by atoms with Crippen LogP contribution in [0, 0.1) is 14.8 Å². The Morgan fingerprint density at radius 2 is 1.92 bits per heavy atom. The molecule has 7 nitrogen and oxygen atoms in total. The monoisotopic (exact) mass is 352 g/mol. The maximum atomic E-state index is 12.0. The lowest BCUT2D eigenvalue weighted by Crippen LogP contribution is -2.17. The summed E-state index contributed by atoms with van der Waals surface area (Å²) in [6.45, 7) is 0. The third kappa shape index (κ3) is 3.75. The molecule has 3 rings (SSSR count). The fourth-order valence-electron chi connectivity index (χ4n) is 2.22. The van der Waals surface area contributed by atoms with Crippen molar-refractivity contribution in [3.63, 3.8) is 0 Å². The number of aromatic nitrogens is 1. The van der Waals surface area contributed by atoms with Crippen LogP contribution in [0.3, 0.4) is 0 Å². The molecule has 8 heteroatoms. The van der Waals surface area contributed by atoms with Gasteiger partial charge in [-0.05, 0) is 29.7 Å². The van der Waals surface area contributed by atoms with Gasteiger partial charge in [-0.2, -0.15) is 5.10 Å². The van der Waals surface area contributed by atoms with E-state index in [1.807, 2.05) is 30.3 Å². The van der Waals surface area contributed by atoms with E-state index in [2.05, 4.69) is 15.5 Å². The number of H-pyrrole nitrogens is 1. The SMILES string of the molecule is O=C(N/N=C\c1cc2ccccc2[nH]c1=S)c1ccc([N+](=O)[O-])cc1. The highest BCUT2D eigenvalue weighted by Gasteiger charge is 2.08. The maximum Gasteiger partial charge on any atom is 0.271 e. The quantitative estimate of drug-likeness (QED) is 0.324. The molecule has 2 aromatic carbocycles. The lowest BCUT2D eigenvalue weighted by atomic mass is 10.2. The van der Waals surface area contributed by atoms with E-state index in [-0.39, 0.29) is 11.3 Å². The second kappa shape index (κ2) is 7.02. The van der Waals surface area contributed by atoms with E-state index in [0.29, 0.717) is 10.2 Å². The molecule has 25 heavy (non-hydrogen) atoms. The Balaban J connectivity index is 1.74. The number of aromatic amines is 1. The van der Waals surface area contributed by atoms with Crippen LogP contribution in [0.5, 0.6) is 0 Å². The van der Waals surface area contributed by atoms with Crippen LogP contribution in [0.25, 0.3) is 10.9 Å². The first-order valence-corrected chi connectivity index (χ1v) is 7.65. The number of nitrogens with one attached hydrogen (secondary N) is 2. The Kier molecular flexibility index (Phi) is 4.62. The molecular formula is C17H12N4O3S. The average Bonchev–Trinajstić information content (AvgIpc) is 2.62. The van der Waals surface area contributed by atoms with Gasteiger partial charge in [-0.1, -0.05) is 30.4 Å². The van der Waals surface area contributed by atoms with Crippen molar-refractivity contribution in [2.24, 2.45) is 5.10 Å². The van der Waals surface area contributed by atoms with Crippen LogP contribution in [0.2, 0.25) is 0 Å². The number of rotatable bonds is 4. The number of carbonyl (C=O) groups excluding carboxylic acids is 1. The van der Waals surface area contributed by atoms with Gasteiger partial charge >= 0.3 is 0 Å². The highest BCUT2D eigenvalue weighted by atomic mass is 32.1. The number of hydrazone groups is 1. The summed E-state index contributed by atoms with van der Waals surface area (Å²) in [5, 5.41) is 15.5. The predicted molar refractivity (Wildman–Crippen MR) is 97.3 cm³/mol. The lowest BCUT2D eigenvalue weighted by Gasteiger charge is -2.01.